The van der Waals surface area contributed by atoms with Crippen molar-refractivity contribution in [2.75, 3.05) is 27.2 Å². The van der Waals surface area contributed by atoms with E-state index in [0.29, 0.717) is 18.7 Å². The van der Waals surface area contributed by atoms with E-state index in [-0.39, 0.29) is 11.4 Å². The van der Waals surface area contributed by atoms with E-state index >= 15 is 0 Å². The first-order valence-electron chi connectivity index (χ1n) is 8.10. The molecule has 3 amide bonds. The number of ether oxygens (including phenoxy) is 1. The molecule has 26 heavy (non-hydrogen) atoms. The maximum Gasteiger partial charge on any atom is 0.321 e. The van der Waals surface area contributed by atoms with Crippen LogP contribution in [0.5, 0.6) is 5.75 Å². The number of methoxy groups -OCH3 is 1. The van der Waals surface area contributed by atoms with Gasteiger partial charge in [0.2, 0.25) is 0 Å². The molecule has 0 saturated carbocycles. The summed E-state index contributed by atoms with van der Waals surface area (Å²) in [5, 5.41) is 4.68. The average molecular weight is 382 g/mol. The van der Waals surface area contributed by atoms with Gasteiger partial charge in [0, 0.05) is 7.05 Å². The second-order valence-corrected chi connectivity index (χ2v) is 6.61. The van der Waals surface area contributed by atoms with Crippen molar-refractivity contribution in [3.05, 3.63) is 23.8 Å². The first-order valence-corrected chi connectivity index (χ1v) is 9.14. The summed E-state index contributed by atoms with van der Waals surface area (Å²) in [7, 11) is 0.153. The van der Waals surface area contributed by atoms with E-state index < -0.39 is 28.0 Å². The summed E-state index contributed by atoms with van der Waals surface area (Å²) >= 11 is 0. The third-order valence-corrected chi connectivity index (χ3v) is 4.89. The van der Waals surface area contributed by atoms with Gasteiger partial charge in [-0.15, -0.1) is 4.36 Å². The van der Waals surface area contributed by atoms with Gasteiger partial charge in [-0.2, -0.15) is 8.42 Å². The molecule has 0 spiro atoms. The van der Waals surface area contributed by atoms with Crippen molar-refractivity contribution >= 4 is 28.1 Å². The molecule has 10 heteroatoms. The molecule has 142 valence electrons. The van der Waals surface area contributed by atoms with Gasteiger partial charge in [0.1, 0.15) is 17.0 Å². The molecule has 0 aliphatic carbocycles. The van der Waals surface area contributed by atoms with Crippen LogP contribution in [-0.2, 0) is 20.8 Å². The SMILES string of the molecule is CNC(=O)NC(=O)C(C)(c1ccc(OC)c(N=S(=O)=O)c1)N1CCCC1. The van der Waals surface area contributed by atoms with Gasteiger partial charge in [-0.05, 0) is 50.6 Å². The Kier molecular flexibility index (Phi) is 6.32. The topological polar surface area (TPSA) is 117 Å². The third kappa shape index (κ3) is 4.02. The van der Waals surface area contributed by atoms with Crippen LogP contribution in [0.3, 0.4) is 0 Å². The van der Waals surface area contributed by atoms with E-state index in [2.05, 4.69) is 15.0 Å². The number of nitrogens with one attached hydrogen (secondary N) is 2. The number of imide groups is 1. The molecule has 0 aromatic heterocycles. The van der Waals surface area contributed by atoms with Crippen LogP contribution in [0.4, 0.5) is 10.5 Å². The molecule has 9 nitrogen and oxygen atoms in total. The Labute approximate surface area is 153 Å². The lowest BCUT2D eigenvalue weighted by Gasteiger charge is -2.37. The lowest BCUT2D eigenvalue weighted by atomic mass is 9.88. The Morgan fingerprint density at radius 2 is 1.92 bits per heavy atom. The predicted molar refractivity (Wildman–Crippen MR) is 94.8 cm³/mol. The second kappa shape index (κ2) is 8.28. The number of nitrogens with zero attached hydrogens (tertiary/aromatic N) is 2. The zero-order valence-electron chi connectivity index (χ0n) is 14.9. The molecule has 2 N–H and O–H groups in total. The van der Waals surface area contributed by atoms with Crippen LogP contribution in [0.1, 0.15) is 25.3 Å². The van der Waals surface area contributed by atoms with Gasteiger partial charge in [-0.1, -0.05) is 6.07 Å². The number of carbonyl (C=O) groups excluding carboxylic acids is 2. The highest BCUT2D eigenvalue weighted by atomic mass is 32.2. The van der Waals surface area contributed by atoms with Crippen molar-refractivity contribution in [3.63, 3.8) is 0 Å². The molecule has 0 bridgehead atoms. The van der Waals surface area contributed by atoms with Crippen molar-refractivity contribution in [3.8, 4) is 5.75 Å². The number of hydrogen-bond acceptors (Lipinski definition) is 7. The molecule has 1 aliphatic rings. The Hall–Kier alpha value is -2.46. The van der Waals surface area contributed by atoms with Crippen molar-refractivity contribution in [1.29, 1.82) is 0 Å². The van der Waals surface area contributed by atoms with Crippen molar-refractivity contribution in [1.82, 2.24) is 15.5 Å². The van der Waals surface area contributed by atoms with E-state index in [0.717, 1.165) is 12.8 Å². The van der Waals surface area contributed by atoms with Crippen LogP contribution in [-0.4, -0.2) is 52.5 Å². The second-order valence-electron chi connectivity index (χ2n) is 5.99. The zero-order chi connectivity index (χ0) is 19.3. The fourth-order valence-corrected chi connectivity index (χ4v) is 3.36. The summed E-state index contributed by atoms with van der Waals surface area (Å²) in [6.45, 7) is 3.07. The number of rotatable bonds is 5. The van der Waals surface area contributed by atoms with Gasteiger partial charge in [-0.25, -0.2) is 4.79 Å². The Balaban J connectivity index is 2.56. The van der Waals surface area contributed by atoms with Gasteiger partial charge < -0.3 is 10.1 Å². The molecule has 1 aromatic carbocycles. The van der Waals surface area contributed by atoms with Crippen molar-refractivity contribution in [2.45, 2.75) is 25.3 Å². The van der Waals surface area contributed by atoms with Crippen molar-refractivity contribution in [2.24, 2.45) is 4.36 Å². The average Bonchev–Trinajstić information content (AvgIpc) is 3.15. The molecular weight excluding hydrogens is 360 g/mol. The maximum atomic E-state index is 12.9. The van der Waals surface area contributed by atoms with Crippen LogP contribution in [0, 0.1) is 0 Å². The Morgan fingerprint density at radius 1 is 1.27 bits per heavy atom. The number of likely N-dealkylation sites (tertiary alicyclic amines) is 1. The van der Waals surface area contributed by atoms with Crippen LogP contribution < -0.4 is 15.4 Å². The number of amides is 3. The Bertz CT molecular complexity index is 825. The molecule has 1 fully saturated rings. The molecular formula is C16H22N4O5S. The molecule has 1 unspecified atom stereocenters. The monoisotopic (exact) mass is 382 g/mol. The predicted octanol–water partition coefficient (Wildman–Crippen LogP) is 1.16. The van der Waals surface area contributed by atoms with E-state index in [9.17, 15) is 18.0 Å². The van der Waals surface area contributed by atoms with E-state index in [1.165, 1.54) is 20.2 Å². The first kappa shape index (κ1) is 19.9. The number of hydrogen-bond donors (Lipinski definition) is 2. The molecule has 1 heterocycles. The minimum absolute atomic E-state index is 0.0940. The quantitative estimate of drug-likeness (QED) is 0.789. The van der Waals surface area contributed by atoms with E-state index in [4.69, 9.17) is 4.74 Å². The molecule has 2 rings (SSSR count). The van der Waals surface area contributed by atoms with Crippen LogP contribution in [0.15, 0.2) is 22.6 Å². The normalized spacial score (nSPS) is 16.4. The molecule has 1 aromatic rings. The fraction of sp³-hybridized carbons (Fsp3) is 0.500. The fourth-order valence-electron chi connectivity index (χ4n) is 3.05. The van der Waals surface area contributed by atoms with Crippen molar-refractivity contribution < 1.29 is 22.7 Å². The highest BCUT2D eigenvalue weighted by Gasteiger charge is 2.43. The molecule has 1 atom stereocenters. The van der Waals surface area contributed by atoms with Crippen LogP contribution in [0.25, 0.3) is 0 Å². The lowest BCUT2D eigenvalue weighted by Crippen LogP contribution is -2.56. The summed E-state index contributed by atoms with van der Waals surface area (Å²) in [6, 6.07) is 4.12. The van der Waals surface area contributed by atoms with Crippen LogP contribution >= 0.6 is 0 Å². The summed E-state index contributed by atoms with van der Waals surface area (Å²) in [4.78, 5) is 26.5. The number of carbonyl (C=O) groups is 2. The third-order valence-electron chi connectivity index (χ3n) is 4.55. The summed E-state index contributed by atoms with van der Waals surface area (Å²) < 4.78 is 30.7. The Morgan fingerprint density at radius 3 is 2.46 bits per heavy atom. The highest BCUT2D eigenvalue weighted by Crippen LogP contribution is 2.37. The van der Waals surface area contributed by atoms with Crippen LogP contribution in [0.2, 0.25) is 0 Å². The van der Waals surface area contributed by atoms with Gasteiger partial charge in [-0.3, -0.25) is 15.0 Å². The van der Waals surface area contributed by atoms with Gasteiger partial charge in [0.05, 0.1) is 7.11 Å². The molecule has 0 radical (unpaired) electrons. The highest BCUT2D eigenvalue weighted by molar-refractivity contribution is 7.61. The maximum absolute atomic E-state index is 12.9. The zero-order valence-corrected chi connectivity index (χ0v) is 15.7. The largest absolute Gasteiger partial charge is 0.494 e. The smallest absolute Gasteiger partial charge is 0.321 e. The van der Waals surface area contributed by atoms with E-state index in [1.807, 2.05) is 4.90 Å². The number of benzene rings is 1. The summed E-state index contributed by atoms with van der Waals surface area (Å²) in [5.41, 5.74) is -0.550. The van der Waals surface area contributed by atoms with Gasteiger partial charge >= 0.3 is 16.5 Å². The minimum atomic E-state index is -2.67. The molecule has 1 aliphatic heterocycles. The summed E-state index contributed by atoms with van der Waals surface area (Å²) in [5.74, 6) is -0.230. The number of urea groups is 1. The van der Waals surface area contributed by atoms with E-state index in [1.54, 1.807) is 19.1 Å². The molecule has 1 saturated heterocycles. The lowest BCUT2D eigenvalue weighted by molar-refractivity contribution is -0.131. The first-order chi connectivity index (χ1) is 12.3. The minimum Gasteiger partial charge on any atom is -0.494 e. The standard InChI is InChI=1S/C16H22N4O5S/c1-16(20-8-4-5-9-20,14(21)18-15(22)17-2)11-6-7-13(25-3)12(10-11)19-26(23)24/h6-7,10H,4-5,8-9H2,1-3H3,(H2,17,18,21,22). The van der Waals surface area contributed by atoms with Gasteiger partial charge in [0.25, 0.3) is 5.91 Å². The summed E-state index contributed by atoms with van der Waals surface area (Å²) in [6.07, 6.45) is 1.86. The van der Waals surface area contributed by atoms with Gasteiger partial charge in [0.15, 0.2) is 0 Å².